The molecule has 0 N–H and O–H groups in total. The minimum absolute atomic E-state index is 0.0979. The van der Waals surface area contributed by atoms with Crippen molar-refractivity contribution in [1.82, 2.24) is 0 Å². The zero-order chi connectivity index (χ0) is 19.2. The average molecular weight is 364 g/mol. The van der Waals surface area contributed by atoms with Gasteiger partial charge in [0.1, 0.15) is 11.6 Å². The third-order valence-corrected chi connectivity index (χ3v) is 4.00. The summed E-state index contributed by atoms with van der Waals surface area (Å²) < 4.78 is 23.6. The molecule has 0 aliphatic carbocycles. The lowest BCUT2D eigenvalue weighted by Crippen LogP contribution is -2.13. The van der Waals surface area contributed by atoms with Crippen molar-refractivity contribution in [3.8, 4) is 5.75 Å². The lowest BCUT2D eigenvalue weighted by molar-refractivity contribution is -0.136. The first-order chi connectivity index (χ1) is 13.1. The maximum Gasteiger partial charge on any atom is 0.331 e. The van der Waals surface area contributed by atoms with E-state index in [2.05, 4.69) is 0 Å². The van der Waals surface area contributed by atoms with Crippen LogP contribution >= 0.6 is 0 Å². The van der Waals surface area contributed by atoms with Crippen molar-refractivity contribution < 1.29 is 23.5 Å². The summed E-state index contributed by atoms with van der Waals surface area (Å²) in [5.41, 5.74) is 0.712. The fourth-order valence-electron chi connectivity index (χ4n) is 2.59. The normalized spacial score (nSPS) is 10.9. The van der Waals surface area contributed by atoms with Gasteiger partial charge in [-0.25, -0.2) is 9.18 Å². The molecule has 0 aromatic heterocycles. The van der Waals surface area contributed by atoms with Gasteiger partial charge in [0.2, 0.25) is 5.78 Å². The van der Waals surface area contributed by atoms with Crippen molar-refractivity contribution in [3.63, 3.8) is 0 Å². The van der Waals surface area contributed by atoms with Crippen LogP contribution in [-0.4, -0.2) is 25.5 Å². The van der Waals surface area contributed by atoms with E-state index in [9.17, 15) is 14.0 Å². The standard InChI is InChI=1S/C22H17FO4/c1-26-18-10-9-16-12-15(6-8-17(16)13-18)7-11-22(25)27-14-21(24)19-4-2-3-5-20(19)23/h2-13H,14H2,1H3/b11-7+. The Bertz CT molecular complexity index is 1020. The molecule has 0 amide bonds. The largest absolute Gasteiger partial charge is 0.497 e. The van der Waals surface area contributed by atoms with Gasteiger partial charge in [-0.1, -0.05) is 30.3 Å². The number of esters is 1. The van der Waals surface area contributed by atoms with Crippen LogP contribution in [0.15, 0.2) is 66.7 Å². The Morgan fingerprint density at radius 1 is 1.00 bits per heavy atom. The molecule has 0 aliphatic rings. The maximum absolute atomic E-state index is 13.5. The first-order valence-electron chi connectivity index (χ1n) is 8.27. The van der Waals surface area contributed by atoms with Gasteiger partial charge >= 0.3 is 5.97 Å². The van der Waals surface area contributed by atoms with Crippen LogP contribution in [0.4, 0.5) is 4.39 Å². The van der Waals surface area contributed by atoms with Crippen LogP contribution in [0.1, 0.15) is 15.9 Å². The molecule has 0 heterocycles. The molecule has 0 saturated carbocycles. The first kappa shape index (κ1) is 18.3. The number of hydrogen-bond donors (Lipinski definition) is 0. The van der Waals surface area contributed by atoms with Gasteiger partial charge in [-0.05, 0) is 52.7 Å². The van der Waals surface area contributed by atoms with Crippen LogP contribution in [0.5, 0.6) is 5.75 Å². The third-order valence-electron chi connectivity index (χ3n) is 4.00. The summed E-state index contributed by atoms with van der Waals surface area (Å²) in [6, 6.07) is 17.0. The number of Topliss-reactive ketones (excluding diaryl/α,β-unsaturated/α-hetero) is 1. The zero-order valence-corrected chi connectivity index (χ0v) is 14.6. The minimum atomic E-state index is -0.672. The van der Waals surface area contributed by atoms with Gasteiger partial charge in [0.05, 0.1) is 12.7 Å². The fraction of sp³-hybridized carbons (Fsp3) is 0.0909. The van der Waals surface area contributed by atoms with Crippen molar-refractivity contribution in [2.45, 2.75) is 0 Å². The maximum atomic E-state index is 13.5. The third kappa shape index (κ3) is 4.58. The fourth-order valence-corrected chi connectivity index (χ4v) is 2.59. The molecule has 3 aromatic rings. The van der Waals surface area contributed by atoms with E-state index >= 15 is 0 Å². The van der Waals surface area contributed by atoms with E-state index in [1.54, 1.807) is 19.3 Å². The Morgan fingerprint density at radius 3 is 2.52 bits per heavy atom. The SMILES string of the molecule is COc1ccc2cc(/C=C/C(=O)OCC(=O)c3ccccc3F)ccc2c1. The minimum Gasteiger partial charge on any atom is -0.497 e. The predicted octanol–water partition coefficient (Wildman–Crippen LogP) is 4.43. The molecule has 0 aliphatic heterocycles. The summed E-state index contributed by atoms with van der Waals surface area (Å²) >= 11 is 0. The highest BCUT2D eigenvalue weighted by molar-refractivity contribution is 5.99. The number of fused-ring (bicyclic) bond motifs is 1. The smallest absolute Gasteiger partial charge is 0.331 e. The molecule has 0 atom stereocenters. The highest BCUT2D eigenvalue weighted by Gasteiger charge is 2.12. The monoisotopic (exact) mass is 364 g/mol. The Hall–Kier alpha value is -3.47. The molecule has 136 valence electrons. The van der Waals surface area contributed by atoms with Crippen LogP contribution < -0.4 is 4.74 Å². The van der Waals surface area contributed by atoms with E-state index in [1.165, 1.54) is 24.3 Å². The number of ether oxygens (including phenoxy) is 2. The number of carbonyl (C=O) groups is 2. The van der Waals surface area contributed by atoms with Gasteiger partial charge in [0, 0.05) is 6.08 Å². The highest BCUT2D eigenvalue weighted by atomic mass is 19.1. The number of benzene rings is 3. The molecule has 0 radical (unpaired) electrons. The molecule has 3 rings (SSSR count). The number of rotatable bonds is 6. The van der Waals surface area contributed by atoms with E-state index in [0.717, 1.165) is 22.1 Å². The molecule has 0 spiro atoms. The van der Waals surface area contributed by atoms with Crippen molar-refractivity contribution in [1.29, 1.82) is 0 Å². The van der Waals surface area contributed by atoms with Crippen molar-refractivity contribution in [2.24, 2.45) is 0 Å². The summed E-state index contributed by atoms with van der Waals surface area (Å²) in [6.45, 7) is -0.512. The summed E-state index contributed by atoms with van der Waals surface area (Å²) in [4.78, 5) is 23.7. The molecule has 0 saturated heterocycles. The zero-order valence-electron chi connectivity index (χ0n) is 14.6. The van der Waals surface area contributed by atoms with E-state index < -0.39 is 24.2 Å². The van der Waals surface area contributed by atoms with Gasteiger partial charge in [-0.3, -0.25) is 4.79 Å². The molecule has 0 unspecified atom stereocenters. The number of ketones is 1. The van der Waals surface area contributed by atoms with E-state index in [0.29, 0.717) is 0 Å². The van der Waals surface area contributed by atoms with E-state index in [4.69, 9.17) is 9.47 Å². The second-order valence-electron chi connectivity index (χ2n) is 5.82. The van der Waals surface area contributed by atoms with Gasteiger partial charge in [-0.15, -0.1) is 0 Å². The molecular formula is C22H17FO4. The molecule has 0 fully saturated rings. The van der Waals surface area contributed by atoms with Crippen LogP contribution in [0.2, 0.25) is 0 Å². The van der Waals surface area contributed by atoms with Gasteiger partial charge in [0.15, 0.2) is 6.61 Å². The first-order valence-corrected chi connectivity index (χ1v) is 8.27. The Balaban J connectivity index is 1.62. The topological polar surface area (TPSA) is 52.6 Å². The summed E-state index contributed by atoms with van der Waals surface area (Å²) in [6.07, 6.45) is 2.83. The summed E-state index contributed by atoms with van der Waals surface area (Å²) in [5, 5.41) is 2.02. The van der Waals surface area contributed by atoms with Crippen molar-refractivity contribution in [2.75, 3.05) is 13.7 Å². The number of methoxy groups -OCH3 is 1. The molecule has 5 heteroatoms. The van der Waals surface area contributed by atoms with Gasteiger partial charge in [0.25, 0.3) is 0 Å². The summed E-state index contributed by atoms with van der Waals surface area (Å²) in [7, 11) is 1.61. The summed E-state index contributed by atoms with van der Waals surface area (Å²) in [5.74, 6) is -1.13. The lowest BCUT2D eigenvalue weighted by atomic mass is 10.1. The number of carbonyl (C=O) groups excluding carboxylic acids is 2. The van der Waals surface area contributed by atoms with Crippen LogP contribution in [0, 0.1) is 5.82 Å². The Kier molecular flexibility index (Phi) is 5.61. The molecule has 27 heavy (non-hydrogen) atoms. The Morgan fingerprint density at radius 2 is 1.74 bits per heavy atom. The van der Waals surface area contributed by atoms with Crippen molar-refractivity contribution >= 4 is 28.6 Å². The van der Waals surface area contributed by atoms with Crippen LogP contribution in [-0.2, 0) is 9.53 Å². The second kappa shape index (κ2) is 8.27. The molecule has 0 bridgehead atoms. The lowest BCUT2D eigenvalue weighted by Gasteiger charge is -2.04. The predicted molar refractivity (Wildman–Crippen MR) is 101 cm³/mol. The van der Waals surface area contributed by atoms with Gasteiger partial charge < -0.3 is 9.47 Å². The number of hydrogen-bond acceptors (Lipinski definition) is 4. The highest BCUT2D eigenvalue weighted by Crippen LogP contribution is 2.22. The molecule has 4 nitrogen and oxygen atoms in total. The quantitative estimate of drug-likeness (QED) is 0.369. The average Bonchev–Trinajstić information content (AvgIpc) is 2.70. The van der Waals surface area contributed by atoms with E-state index in [-0.39, 0.29) is 5.56 Å². The molecule has 3 aromatic carbocycles. The van der Waals surface area contributed by atoms with Gasteiger partial charge in [-0.2, -0.15) is 0 Å². The Labute approximate surface area is 155 Å². The second-order valence-corrected chi connectivity index (χ2v) is 5.82. The van der Waals surface area contributed by atoms with Crippen LogP contribution in [0.25, 0.3) is 16.8 Å². The van der Waals surface area contributed by atoms with E-state index in [1.807, 2.05) is 36.4 Å². The molecular weight excluding hydrogens is 347 g/mol. The van der Waals surface area contributed by atoms with Crippen LogP contribution in [0.3, 0.4) is 0 Å². The van der Waals surface area contributed by atoms with Crippen molar-refractivity contribution in [3.05, 3.63) is 83.7 Å². The number of halogens is 1.